The molecule has 0 saturated heterocycles. The van der Waals surface area contributed by atoms with Gasteiger partial charge in [0.15, 0.2) is 0 Å². The Hall–Kier alpha value is -4.13. The van der Waals surface area contributed by atoms with Gasteiger partial charge in [0.1, 0.15) is 17.3 Å². The quantitative estimate of drug-likeness (QED) is 0.378. The molecule has 0 radical (unpaired) electrons. The molecular weight excluding hydrogens is 380 g/mol. The third-order valence-electron chi connectivity index (χ3n) is 4.60. The van der Waals surface area contributed by atoms with Crippen molar-refractivity contribution in [3.8, 4) is 22.9 Å². The number of nitrogens with one attached hydrogen (secondary N) is 2. The lowest BCUT2D eigenvalue weighted by atomic mass is 10.2. The lowest BCUT2D eigenvalue weighted by Crippen LogP contribution is -2.17. The van der Waals surface area contributed by atoms with Crippen molar-refractivity contribution in [2.75, 3.05) is 14.2 Å². The predicted octanol–water partition coefficient (Wildman–Crippen LogP) is 4.01. The number of benzene rings is 3. The fourth-order valence-corrected chi connectivity index (χ4v) is 3.05. The molecule has 7 nitrogen and oxygen atoms in total. The predicted molar refractivity (Wildman–Crippen MR) is 116 cm³/mol. The third-order valence-corrected chi connectivity index (χ3v) is 4.60. The first kappa shape index (κ1) is 19.2. The van der Waals surface area contributed by atoms with Gasteiger partial charge in [-0.1, -0.05) is 30.3 Å². The molecule has 1 amide bonds. The first-order chi connectivity index (χ1) is 14.7. The summed E-state index contributed by atoms with van der Waals surface area (Å²) in [5.41, 5.74) is 6.25. The van der Waals surface area contributed by atoms with Gasteiger partial charge in [0.25, 0.3) is 5.91 Å². The molecule has 30 heavy (non-hydrogen) atoms. The highest BCUT2D eigenvalue weighted by Crippen LogP contribution is 2.23. The molecule has 4 rings (SSSR count). The number of rotatable bonds is 6. The van der Waals surface area contributed by atoms with Crippen LogP contribution in [-0.2, 0) is 0 Å². The Kier molecular flexibility index (Phi) is 5.43. The molecule has 0 aliphatic heterocycles. The average molecular weight is 400 g/mol. The Morgan fingerprint density at radius 1 is 1.03 bits per heavy atom. The highest BCUT2D eigenvalue weighted by Gasteiger charge is 2.10. The first-order valence-corrected chi connectivity index (χ1v) is 9.28. The Morgan fingerprint density at radius 2 is 1.87 bits per heavy atom. The van der Waals surface area contributed by atoms with Crippen molar-refractivity contribution in [2.24, 2.45) is 5.10 Å². The molecule has 2 N–H and O–H groups in total. The number of hydrogen-bond donors (Lipinski definition) is 2. The summed E-state index contributed by atoms with van der Waals surface area (Å²) in [5.74, 6) is 1.72. The summed E-state index contributed by atoms with van der Waals surface area (Å²) in [6.45, 7) is 0. The Labute approximate surface area is 173 Å². The summed E-state index contributed by atoms with van der Waals surface area (Å²) in [6.07, 6.45) is 1.52. The van der Waals surface area contributed by atoms with Crippen molar-refractivity contribution in [1.29, 1.82) is 0 Å². The van der Waals surface area contributed by atoms with Crippen LogP contribution in [0.25, 0.3) is 22.4 Å². The summed E-state index contributed by atoms with van der Waals surface area (Å²) in [6, 6.07) is 20.4. The molecule has 1 heterocycles. The summed E-state index contributed by atoms with van der Waals surface area (Å²) in [7, 11) is 3.15. The number of hydrazone groups is 1. The smallest absolute Gasteiger partial charge is 0.271 e. The maximum atomic E-state index is 12.5. The van der Waals surface area contributed by atoms with E-state index in [9.17, 15) is 4.79 Å². The van der Waals surface area contributed by atoms with Gasteiger partial charge >= 0.3 is 0 Å². The van der Waals surface area contributed by atoms with Crippen LogP contribution in [0.15, 0.2) is 71.8 Å². The van der Waals surface area contributed by atoms with E-state index in [1.165, 1.54) is 6.21 Å². The molecule has 4 aromatic rings. The van der Waals surface area contributed by atoms with E-state index in [-0.39, 0.29) is 5.91 Å². The molecule has 0 fully saturated rings. The molecule has 0 unspecified atom stereocenters. The number of hydrogen-bond acceptors (Lipinski definition) is 5. The normalized spacial score (nSPS) is 11.0. The zero-order chi connectivity index (χ0) is 20.9. The van der Waals surface area contributed by atoms with E-state index in [1.807, 2.05) is 36.4 Å². The van der Waals surface area contributed by atoms with Crippen molar-refractivity contribution < 1.29 is 14.3 Å². The van der Waals surface area contributed by atoms with Gasteiger partial charge in [-0.25, -0.2) is 10.4 Å². The molecule has 7 heteroatoms. The van der Waals surface area contributed by atoms with E-state index >= 15 is 0 Å². The monoisotopic (exact) mass is 400 g/mol. The molecule has 0 bridgehead atoms. The highest BCUT2D eigenvalue weighted by atomic mass is 16.5. The van der Waals surface area contributed by atoms with Crippen LogP contribution in [0.4, 0.5) is 0 Å². The van der Waals surface area contributed by atoms with Crippen molar-refractivity contribution in [3.63, 3.8) is 0 Å². The number of H-pyrrole nitrogens is 1. The van der Waals surface area contributed by atoms with Crippen LogP contribution in [0.3, 0.4) is 0 Å². The number of aromatic amines is 1. The number of nitrogens with zero attached hydrogens (tertiary/aromatic N) is 2. The van der Waals surface area contributed by atoms with Gasteiger partial charge in [-0.15, -0.1) is 0 Å². The van der Waals surface area contributed by atoms with Gasteiger partial charge in [-0.3, -0.25) is 4.79 Å². The number of ether oxygens (including phenoxy) is 2. The van der Waals surface area contributed by atoms with Gasteiger partial charge < -0.3 is 14.5 Å². The zero-order valence-corrected chi connectivity index (χ0v) is 16.5. The molecule has 1 aromatic heterocycles. The van der Waals surface area contributed by atoms with Gasteiger partial charge in [-0.05, 0) is 36.4 Å². The Balaban J connectivity index is 1.52. The largest absolute Gasteiger partial charge is 0.497 e. The number of fused-ring (bicyclic) bond motifs is 1. The Bertz CT molecular complexity index is 1220. The van der Waals surface area contributed by atoms with Crippen LogP contribution in [0.2, 0.25) is 0 Å². The van der Waals surface area contributed by atoms with E-state index in [2.05, 4.69) is 20.5 Å². The van der Waals surface area contributed by atoms with Gasteiger partial charge in [0, 0.05) is 16.7 Å². The minimum atomic E-state index is -0.328. The molecule has 150 valence electrons. The first-order valence-electron chi connectivity index (χ1n) is 9.28. The van der Waals surface area contributed by atoms with E-state index in [4.69, 9.17) is 9.47 Å². The summed E-state index contributed by atoms with van der Waals surface area (Å²) < 4.78 is 10.5. The van der Waals surface area contributed by atoms with Crippen LogP contribution < -0.4 is 14.9 Å². The van der Waals surface area contributed by atoms with Crippen LogP contribution >= 0.6 is 0 Å². The SMILES string of the molecule is COc1ccc(OC)c(/C=N/NC(=O)c2ccc3nc(-c4ccccc4)[nH]c3c2)c1. The number of carbonyl (C=O) groups is 1. The molecule has 3 aromatic carbocycles. The second kappa shape index (κ2) is 8.48. The van der Waals surface area contributed by atoms with Crippen molar-refractivity contribution in [1.82, 2.24) is 15.4 Å². The van der Waals surface area contributed by atoms with Crippen LogP contribution in [-0.4, -0.2) is 36.3 Å². The lowest BCUT2D eigenvalue weighted by molar-refractivity contribution is 0.0955. The topological polar surface area (TPSA) is 88.6 Å². The highest BCUT2D eigenvalue weighted by molar-refractivity contribution is 5.98. The van der Waals surface area contributed by atoms with Gasteiger partial charge in [0.05, 0.1) is 31.5 Å². The average Bonchev–Trinajstić information content (AvgIpc) is 3.23. The standard InChI is InChI=1S/C23H20N4O3/c1-29-18-9-11-21(30-2)17(12-18)14-24-27-23(28)16-8-10-19-20(13-16)26-22(25-19)15-6-4-3-5-7-15/h3-14H,1-2H3,(H,25,26)(H,27,28)/b24-14+. The van der Waals surface area contributed by atoms with E-state index in [1.54, 1.807) is 44.6 Å². The van der Waals surface area contributed by atoms with E-state index in [0.717, 1.165) is 22.4 Å². The number of aromatic nitrogens is 2. The van der Waals surface area contributed by atoms with E-state index < -0.39 is 0 Å². The number of methoxy groups -OCH3 is 2. The van der Waals surface area contributed by atoms with Crippen molar-refractivity contribution in [3.05, 3.63) is 77.9 Å². The number of carbonyl (C=O) groups excluding carboxylic acids is 1. The molecular formula is C23H20N4O3. The fraction of sp³-hybridized carbons (Fsp3) is 0.0870. The second-order valence-corrected chi connectivity index (χ2v) is 6.49. The summed E-state index contributed by atoms with van der Waals surface area (Å²) in [4.78, 5) is 20.4. The minimum absolute atomic E-state index is 0.328. The molecule has 0 atom stereocenters. The van der Waals surface area contributed by atoms with Gasteiger partial charge in [-0.2, -0.15) is 5.10 Å². The van der Waals surface area contributed by atoms with Gasteiger partial charge in [0.2, 0.25) is 0 Å². The molecule has 0 spiro atoms. The number of imidazole rings is 1. The molecule has 0 saturated carbocycles. The third kappa shape index (κ3) is 4.00. The summed E-state index contributed by atoms with van der Waals surface area (Å²) in [5, 5.41) is 4.05. The van der Waals surface area contributed by atoms with Crippen LogP contribution in [0.1, 0.15) is 15.9 Å². The number of amides is 1. The van der Waals surface area contributed by atoms with E-state index in [0.29, 0.717) is 22.6 Å². The van der Waals surface area contributed by atoms with Crippen molar-refractivity contribution in [2.45, 2.75) is 0 Å². The lowest BCUT2D eigenvalue weighted by Gasteiger charge is -2.06. The minimum Gasteiger partial charge on any atom is -0.497 e. The Morgan fingerprint density at radius 3 is 2.63 bits per heavy atom. The van der Waals surface area contributed by atoms with Crippen LogP contribution in [0.5, 0.6) is 11.5 Å². The maximum absolute atomic E-state index is 12.5. The fourth-order valence-electron chi connectivity index (χ4n) is 3.05. The summed E-state index contributed by atoms with van der Waals surface area (Å²) >= 11 is 0. The second-order valence-electron chi connectivity index (χ2n) is 6.49. The van der Waals surface area contributed by atoms with Crippen molar-refractivity contribution >= 4 is 23.2 Å². The maximum Gasteiger partial charge on any atom is 0.271 e. The zero-order valence-electron chi connectivity index (χ0n) is 16.5. The molecule has 0 aliphatic carbocycles. The molecule has 0 aliphatic rings. The van der Waals surface area contributed by atoms with Crippen LogP contribution in [0, 0.1) is 0 Å².